The molecule has 0 fully saturated rings. The van der Waals surface area contributed by atoms with Gasteiger partial charge in [0.05, 0.1) is 16.9 Å². The molecule has 0 amide bonds. The second-order valence-electron chi connectivity index (χ2n) is 5.31. The Morgan fingerprint density at radius 1 is 1.05 bits per heavy atom. The van der Waals surface area contributed by atoms with Crippen LogP contribution in [-0.4, -0.2) is 9.55 Å². The van der Waals surface area contributed by atoms with Crippen LogP contribution in [0.1, 0.15) is 29.4 Å². The Labute approximate surface area is 130 Å². The largest absolute Gasteiger partial charge is 0.322 e. The number of aromatic nitrogens is 2. The molecule has 2 nitrogen and oxygen atoms in total. The molecular formula is C18H19ClN2. The number of fused-ring (bicyclic) bond motifs is 1. The van der Waals surface area contributed by atoms with Gasteiger partial charge in [0.2, 0.25) is 0 Å². The lowest BCUT2D eigenvalue weighted by atomic mass is 10.1. The topological polar surface area (TPSA) is 17.8 Å². The van der Waals surface area contributed by atoms with E-state index in [2.05, 4.69) is 60.9 Å². The number of hydrogen-bond donors (Lipinski definition) is 0. The standard InChI is InChI=1S/C18H19ClN2/c1-3-14-8-4-5-9-15(14)12-21-16-10-6-7-13(2)18(16)20-17(21)11-19/h4-10H,3,11-12H2,1-2H3. The normalized spacial score (nSPS) is 11.2. The molecule has 0 radical (unpaired) electrons. The SMILES string of the molecule is CCc1ccccc1Cn1c(CCl)nc2c(C)cccc21. The van der Waals surface area contributed by atoms with E-state index in [0.29, 0.717) is 5.88 Å². The van der Waals surface area contributed by atoms with Crippen LogP contribution in [0.3, 0.4) is 0 Å². The van der Waals surface area contributed by atoms with Gasteiger partial charge in [-0.1, -0.05) is 43.3 Å². The molecule has 0 N–H and O–H groups in total. The third-order valence-electron chi connectivity index (χ3n) is 4.01. The molecule has 0 aliphatic rings. The number of para-hydroxylation sites is 1. The molecule has 0 unspecified atom stereocenters. The summed E-state index contributed by atoms with van der Waals surface area (Å²) in [5.41, 5.74) is 6.14. The van der Waals surface area contributed by atoms with Crippen molar-refractivity contribution in [1.82, 2.24) is 9.55 Å². The van der Waals surface area contributed by atoms with E-state index in [1.165, 1.54) is 16.7 Å². The lowest BCUT2D eigenvalue weighted by Crippen LogP contribution is -2.06. The van der Waals surface area contributed by atoms with Gasteiger partial charge < -0.3 is 4.57 Å². The summed E-state index contributed by atoms with van der Waals surface area (Å²) in [6, 6.07) is 14.9. The summed E-state index contributed by atoms with van der Waals surface area (Å²) in [5.74, 6) is 1.37. The highest BCUT2D eigenvalue weighted by Gasteiger charge is 2.12. The molecule has 3 aromatic rings. The van der Waals surface area contributed by atoms with Gasteiger partial charge in [0.1, 0.15) is 5.82 Å². The van der Waals surface area contributed by atoms with E-state index in [9.17, 15) is 0 Å². The Hall–Kier alpha value is -1.80. The molecule has 2 aromatic carbocycles. The van der Waals surface area contributed by atoms with Gasteiger partial charge in [-0.15, -0.1) is 11.6 Å². The number of hydrogen-bond acceptors (Lipinski definition) is 1. The summed E-state index contributed by atoms with van der Waals surface area (Å²) in [6.45, 7) is 5.11. The first-order valence-corrected chi connectivity index (χ1v) is 7.85. The number of alkyl halides is 1. The lowest BCUT2D eigenvalue weighted by Gasteiger charge is -2.11. The Balaban J connectivity index is 2.13. The van der Waals surface area contributed by atoms with Crippen molar-refractivity contribution < 1.29 is 0 Å². The van der Waals surface area contributed by atoms with Crippen molar-refractivity contribution in [2.24, 2.45) is 0 Å². The molecule has 108 valence electrons. The maximum absolute atomic E-state index is 6.11. The van der Waals surface area contributed by atoms with Crippen LogP contribution in [0.2, 0.25) is 0 Å². The van der Waals surface area contributed by atoms with E-state index in [-0.39, 0.29) is 0 Å². The summed E-state index contributed by atoms with van der Waals surface area (Å²) >= 11 is 6.11. The first-order valence-electron chi connectivity index (χ1n) is 7.32. The van der Waals surface area contributed by atoms with E-state index in [1.807, 2.05) is 0 Å². The second kappa shape index (κ2) is 5.90. The minimum Gasteiger partial charge on any atom is -0.322 e. The van der Waals surface area contributed by atoms with Gasteiger partial charge in [-0.05, 0) is 36.1 Å². The highest BCUT2D eigenvalue weighted by Crippen LogP contribution is 2.23. The highest BCUT2D eigenvalue weighted by atomic mass is 35.5. The summed E-state index contributed by atoms with van der Waals surface area (Å²) in [4.78, 5) is 4.71. The van der Waals surface area contributed by atoms with Crippen LogP contribution >= 0.6 is 11.6 Å². The van der Waals surface area contributed by atoms with Crippen molar-refractivity contribution in [3.63, 3.8) is 0 Å². The zero-order valence-electron chi connectivity index (χ0n) is 12.4. The Kier molecular flexibility index (Phi) is 3.98. The van der Waals surface area contributed by atoms with Crippen LogP contribution in [0.15, 0.2) is 42.5 Å². The number of halogens is 1. The van der Waals surface area contributed by atoms with E-state index in [1.54, 1.807) is 0 Å². The maximum Gasteiger partial charge on any atom is 0.125 e. The molecule has 0 spiro atoms. The molecule has 0 aliphatic heterocycles. The number of nitrogens with zero attached hydrogens (tertiary/aromatic N) is 2. The Morgan fingerprint density at radius 2 is 1.81 bits per heavy atom. The molecule has 0 saturated carbocycles. The fraction of sp³-hybridized carbons (Fsp3) is 0.278. The first-order chi connectivity index (χ1) is 10.2. The monoisotopic (exact) mass is 298 g/mol. The minimum atomic E-state index is 0.433. The number of rotatable bonds is 4. The maximum atomic E-state index is 6.11. The van der Waals surface area contributed by atoms with Crippen LogP contribution in [0.4, 0.5) is 0 Å². The smallest absolute Gasteiger partial charge is 0.125 e. The third-order valence-corrected chi connectivity index (χ3v) is 4.25. The van der Waals surface area contributed by atoms with Crippen molar-refractivity contribution in [1.29, 1.82) is 0 Å². The molecule has 1 aromatic heterocycles. The quantitative estimate of drug-likeness (QED) is 0.639. The van der Waals surface area contributed by atoms with Gasteiger partial charge in [0.15, 0.2) is 0 Å². The predicted octanol–water partition coefficient (Wildman–Crippen LogP) is 4.69. The number of imidazole rings is 1. The minimum absolute atomic E-state index is 0.433. The molecule has 3 rings (SSSR count). The summed E-state index contributed by atoms with van der Waals surface area (Å²) < 4.78 is 2.24. The van der Waals surface area contributed by atoms with Crippen LogP contribution in [0.5, 0.6) is 0 Å². The van der Waals surface area contributed by atoms with E-state index in [0.717, 1.165) is 29.8 Å². The molecule has 0 saturated heterocycles. The van der Waals surface area contributed by atoms with Gasteiger partial charge in [0, 0.05) is 6.54 Å². The summed E-state index contributed by atoms with van der Waals surface area (Å²) in [6.07, 6.45) is 1.04. The Morgan fingerprint density at radius 3 is 2.52 bits per heavy atom. The van der Waals surface area contributed by atoms with Crippen LogP contribution in [0.25, 0.3) is 11.0 Å². The van der Waals surface area contributed by atoms with Crippen molar-refractivity contribution in [3.05, 3.63) is 65.0 Å². The first kappa shape index (κ1) is 14.2. The van der Waals surface area contributed by atoms with E-state index in [4.69, 9.17) is 16.6 Å². The predicted molar refractivity (Wildman–Crippen MR) is 88.9 cm³/mol. The van der Waals surface area contributed by atoms with Crippen LogP contribution in [0, 0.1) is 6.92 Å². The van der Waals surface area contributed by atoms with Crippen molar-refractivity contribution >= 4 is 22.6 Å². The highest BCUT2D eigenvalue weighted by molar-refractivity contribution is 6.16. The summed E-state index contributed by atoms with van der Waals surface area (Å²) in [7, 11) is 0. The molecular weight excluding hydrogens is 280 g/mol. The molecule has 3 heteroatoms. The molecule has 0 bridgehead atoms. The zero-order chi connectivity index (χ0) is 14.8. The summed E-state index contributed by atoms with van der Waals surface area (Å²) in [5, 5.41) is 0. The fourth-order valence-corrected chi connectivity index (χ4v) is 3.04. The van der Waals surface area contributed by atoms with Gasteiger partial charge in [0.25, 0.3) is 0 Å². The van der Waals surface area contributed by atoms with Gasteiger partial charge in [-0.25, -0.2) is 4.98 Å². The van der Waals surface area contributed by atoms with Crippen LogP contribution in [-0.2, 0) is 18.8 Å². The van der Waals surface area contributed by atoms with Gasteiger partial charge in [-0.3, -0.25) is 0 Å². The number of benzene rings is 2. The lowest BCUT2D eigenvalue weighted by molar-refractivity contribution is 0.770. The van der Waals surface area contributed by atoms with Crippen molar-refractivity contribution in [3.8, 4) is 0 Å². The molecule has 0 atom stereocenters. The average molecular weight is 299 g/mol. The van der Waals surface area contributed by atoms with Crippen molar-refractivity contribution in [2.75, 3.05) is 0 Å². The second-order valence-corrected chi connectivity index (χ2v) is 5.58. The number of aryl methyl sites for hydroxylation is 2. The fourth-order valence-electron chi connectivity index (χ4n) is 2.84. The molecule has 0 aliphatic carbocycles. The Bertz CT molecular complexity index is 774. The molecule has 1 heterocycles. The van der Waals surface area contributed by atoms with E-state index >= 15 is 0 Å². The van der Waals surface area contributed by atoms with Crippen LogP contribution < -0.4 is 0 Å². The zero-order valence-corrected chi connectivity index (χ0v) is 13.2. The average Bonchev–Trinajstić information content (AvgIpc) is 2.87. The molecule has 21 heavy (non-hydrogen) atoms. The van der Waals surface area contributed by atoms with E-state index < -0.39 is 0 Å². The van der Waals surface area contributed by atoms with Gasteiger partial charge in [-0.2, -0.15) is 0 Å². The van der Waals surface area contributed by atoms with Gasteiger partial charge >= 0.3 is 0 Å². The third kappa shape index (κ3) is 2.56. The van der Waals surface area contributed by atoms with Crippen molar-refractivity contribution in [2.45, 2.75) is 32.7 Å².